The van der Waals surface area contributed by atoms with Crippen molar-refractivity contribution in [1.29, 1.82) is 0 Å². The van der Waals surface area contributed by atoms with Crippen LogP contribution in [0.15, 0.2) is 47.6 Å². The molecule has 1 saturated heterocycles. The summed E-state index contributed by atoms with van der Waals surface area (Å²) in [5.74, 6) is 1.60. The Labute approximate surface area is 197 Å². The molecule has 0 spiro atoms. The van der Waals surface area contributed by atoms with E-state index < -0.39 is 0 Å². The monoisotopic (exact) mass is 471 g/mol. The van der Waals surface area contributed by atoms with Crippen LogP contribution in [0.3, 0.4) is 0 Å². The third kappa shape index (κ3) is 5.02. The van der Waals surface area contributed by atoms with Crippen LogP contribution >= 0.6 is 23.4 Å². The molecule has 2 heterocycles. The Hall–Kier alpha value is -2.71. The number of nitrogens with one attached hydrogen (secondary N) is 1. The predicted molar refractivity (Wildman–Crippen MR) is 130 cm³/mol. The van der Waals surface area contributed by atoms with E-state index in [2.05, 4.69) is 20.4 Å². The number of carbonyl (C=O) groups excluding carboxylic acids is 1. The fourth-order valence-electron chi connectivity index (χ4n) is 3.76. The van der Waals surface area contributed by atoms with Gasteiger partial charge in [0.05, 0.1) is 18.6 Å². The van der Waals surface area contributed by atoms with Gasteiger partial charge in [-0.3, -0.25) is 9.36 Å². The number of carbonyl (C=O) groups is 1. The molecule has 32 heavy (non-hydrogen) atoms. The van der Waals surface area contributed by atoms with Gasteiger partial charge in [-0.15, -0.1) is 10.2 Å². The number of nitrogens with zero attached hydrogens (tertiary/aromatic N) is 4. The van der Waals surface area contributed by atoms with Crippen LogP contribution in [0.4, 0.5) is 11.6 Å². The van der Waals surface area contributed by atoms with Gasteiger partial charge in [-0.1, -0.05) is 35.5 Å². The Balaban J connectivity index is 1.58. The van der Waals surface area contributed by atoms with E-state index in [9.17, 15) is 4.79 Å². The first-order valence-corrected chi connectivity index (χ1v) is 12.0. The van der Waals surface area contributed by atoms with Gasteiger partial charge >= 0.3 is 0 Å². The predicted octanol–water partition coefficient (Wildman–Crippen LogP) is 4.96. The van der Waals surface area contributed by atoms with E-state index in [1.54, 1.807) is 13.2 Å². The van der Waals surface area contributed by atoms with Crippen LogP contribution in [0.25, 0.3) is 5.69 Å². The van der Waals surface area contributed by atoms with Crippen molar-refractivity contribution in [3.63, 3.8) is 0 Å². The molecule has 1 N–H and O–H groups in total. The van der Waals surface area contributed by atoms with Gasteiger partial charge in [0.2, 0.25) is 11.9 Å². The zero-order chi connectivity index (χ0) is 22.5. The topological polar surface area (TPSA) is 72.3 Å². The Morgan fingerprint density at radius 2 is 1.94 bits per heavy atom. The number of para-hydroxylation sites is 2. The summed E-state index contributed by atoms with van der Waals surface area (Å²) in [4.78, 5) is 14.9. The molecule has 0 atom stereocenters. The van der Waals surface area contributed by atoms with E-state index in [4.69, 9.17) is 16.3 Å². The van der Waals surface area contributed by atoms with E-state index in [1.165, 1.54) is 18.2 Å². The van der Waals surface area contributed by atoms with Crippen LogP contribution in [-0.4, -0.2) is 46.6 Å². The SMILES string of the molecule is COc1ccccc1-n1c(SCC(=O)Nc2ccc(Cl)cc2C)nnc1N1CCCCC1. The lowest BCUT2D eigenvalue weighted by molar-refractivity contribution is -0.113. The molecule has 1 aliphatic rings. The van der Waals surface area contributed by atoms with Crippen molar-refractivity contribution in [3.8, 4) is 11.4 Å². The fourth-order valence-corrected chi connectivity index (χ4v) is 4.73. The second-order valence-corrected chi connectivity index (χ2v) is 9.01. The van der Waals surface area contributed by atoms with Crippen molar-refractivity contribution in [2.75, 3.05) is 36.2 Å². The molecular formula is C23H26ClN5O2S. The van der Waals surface area contributed by atoms with Gasteiger partial charge in [0.25, 0.3) is 0 Å². The van der Waals surface area contributed by atoms with Gasteiger partial charge in [0.1, 0.15) is 5.75 Å². The standard InChI is InChI=1S/C23H26ClN5O2S/c1-16-14-17(24)10-11-18(16)25-21(30)15-32-23-27-26-22(28-12-6-3-7-13-28)29(23)19-8-4-5-9-20(19)31-2/h4-5,8-11,14H,3,6-7,12-13,15H2,1-2H3,(H,25,30). The van der Waals surface area contributed by atoms with Gasteiger partial charge in [0, 0.05) is 23.8 Å². The van der Waals surface area contributed by atoms with Gasteiger partial charge in [-0.2, -0.15) is 0 Å². The highest BCUT2D eigenvalue weighted by molar-refractivity contribution is 7.99. The lowest BCUT2D eigenvalue weighted by Crippen LogP contribution is -2.31. The number of hydrogen-bond acceptors (Lipinski definition) is 6. The Morgan fingerprint density at radius 3 is 2.69 bits per heavy atom. The summed E-state index contributed by atoms with van der Waals surface area (Å²) in [6, 6.07) is 13.2. The molecule has 0 bridgehead atoms. The molecule has 1 amide bonds. The summed E-state index contributed by atoms with van der Waals surface area (Å²) < 4.78 is 7.60. The van der Waals surface area contributed by atoms with Crippen molar-refractivity contribution < 1.29 is 9.53 Å². The van der Waals surface area contributed by atoms with Crippen molar-refractivity contribution in [3.05, 3.63) is 53.1 Å². The van der Waals surface area contributed by atoms with Crippen molar-refractivity contribution in [1.82, 2.24) is 14.8 Å². The quantitative estimate of drug-likeness (QED) is 0.491. The molecule has 1 aliphatic heterocycles. The largest absolute Gasteiger partial charge is 0.495 e. The molecule has 4 rings (SSSR count). The number of thioether (sulfide) groups is 1. The number of hydrogen-bond donors (Lipinski definition) is 1. The number of benzene rings is 2. The van der Waals surface area contributed by atoms with Crippen LogP contribution < -0.4 is 15.0 Å². The fraction of sp³-hybridized carbons (Fsp3) is 0.348. The van der Waals surface area contributed by atoms with Crippen LogP contribution in [0.2, 0.25) is 5.02 Å². The van der Waals surface area contributed by atoms with Crippen molar-refractivity contribution >= 4 is 40.9 Å². The summed E-state index contributed by atoms with van der Waals surface area (Å²) in [5.41, 5.74) is 2.53. The van der Waals surface area contributed by atoms with Gasteiger partial charge in [-0.05, 0) is 62.1 Å². The molecule has 7 nitrogen and oxygen atoms in total. The summed E-state index contributed by atoms with van der Waals surface area (Å²) in [6.07, 6.45) is 3.49. The maximum atomic E-state index is 12.6. The second kappa shape index (κ2) is 10.3. The summed E-state index contributed by atoms with van der Waals surface area (Å²) in [6.45, 7) is 3.79. The molecule has 0 aliphatic carbocycles. The number of aryl methyl sites for hydroxylation is 1. The van der Waals surface area contributed by atoms with Crippen molar-refractivity contribution in [2.24, 2.45) is 0 Å². The molecule has 1 aromatic heterocycles. The number of halogens is 1. The van der Waals surface area contributed by atoms with Gasteiger partial charge < -0.3 is 15.0 Å². The summed E-state index contributed by atoms with van der Waals surface area (Å²) in [7, 11) is 1.65. The van der Waals surface area contributed by atoms with E-state index in [-0.39, 0.29) is 11.7 Å². The number of amides is 1. The average Bonchev–Trinajstić information content (AvgIpc) is 3.24. The number of rotatable bonds is 7. The average molecular weight is 472 g/mol. The Bertz CT molecular complexity index is 1100. The molecule has 0 saturated carbocycles. The van der Waals surface area contributed by atoms with E-state index in [0.29, 0.717) is 10.2 Å². The molecule has 0 radical (unpaired) electrons. The highest BCUT2D eigenvalue weighted by Gasteiger charge is 2.23. The molecule has 2 aromatic carbocycles. The smallest absolute Gasteiger partial charge is 0.234 e. The minimum absolute atomic E-state index is 0.116. The molecule has 1 fully saturated rings. The minimum atomic E-state index is -0.116. The third-order valence-electron chi connectivity index (χ3n) is 5.38. The number of methoxy groups -OCH3 is 1. The first kappa shape index (κ1) is 22.5. The second-order valence-electron chi connectivity index (χ2n) is 7.63. The zero-order valence-corrected chi connectivity index (χ0v) is 19.7. The van der Waals surface area contributed by atoms with E-state index >= 15 is 0 Å². The highest BCUT2D eigenvalue weighted by Crippen LogP contribution is 2.33. The number of ether oxygens (including phenoxy) is 1. The lowest BCUT2D eigenvalue weighted by atomic mass is 10.1. The first-order chi connectivity index (χ1) is 15.6. The maximum absolute atomic E-state index is 12.6. The summed E-state index contributed by atoms with van der Waals surface area (Å²) in [5, 5.41) is 13.2. The number of piperidine rings is 1. The molecular weight excluding hydrogens is 446 g/mol. The van der Waals surface area contributed by atoms with E-state index in [0.717, 1.165) is 54.6 Å². The molecule has 168 valence electrons. The Morgan fingerprint density at radius 1 is 1.16 bits per heavy atom. The van der Waals surface area contributed by atoms with Crippen molar-refractivity contribution in [2.45, 2.75) is 31.3 Å². The first-order valence-electron chi connectivity index (χ1n) is 10.6. The van der Waals surface area contributed by atoms with Crippen LogP contribution in [0.1, 0.15) is 24.8 Å². The van der Waals surface area contributed by atoms with Crippen LogP contribution in [0, 0.1) is 6.92 Å². The number of anilines is 2. The highest BCUT2D eigenvalue weighted by atomic mass is 35.5. The maximum Gasteiger partial charge on any atom is 0.234 e. The van der Waals surface area contributed by atoms with Crippen LogP contribution in [0.5, 0.6) is 5.75 Å². The molecule has 0 unspecified atom stereocenters. The summed E-state index contributed by atoms with van der Waals surface area (Å²) >= 11 is 7.36. The Kier molecular flexibility index (Phi) is 7.22. The van der Waals surface area contributed by atoms with Crippen LogP contribution in [-0.2, 0) is 4.79 Å². The molecule has 9 heteroatoms. The van der Waals surface area contributed by atoms with Gasteiger partial charge in [0.15, 0.2) is 5.16 Å². The van der Waals surface area contributed by atoms with E-state index in [1.807, 2.05) is 47.9 Å². The number of aromatic nitrogens is 3. The normalized spacial score (nSPS) is 13.8. The molecule has 3 aromatic rings. The lowest BCUT2D eigenvalue weighted by Gasteiger charge is -2.28. The minimum Gasteiger partial charge on any atom is -0.495 e. The third-order valence-corrected chi connectivity index (χ3v) is 6.54. The van der Waals surface area contributed by atoms with Gasteiger partial charge in [-0.25, -0.2) is 0 Å². The zero-order valence-electron chi connectivity index (χ0n) is 18.2.